The normalized spacial score (nSPS) is 20.8. The third-order valence-electron chi connectivity index (χ3n) is 4.22. The number of hydrogen-bond acceptors (Lipinski definition) is 6. The highest BCUT2D eigenvalue weighted by Gasteiger charge is 2.43. The van der Waals surface area contributed by atoms with Gasteiger partial charge in [-0.3, -0.25) is 0 Å². The molecule has 1 aromatic heterocycles. The minimum absolute atomic E-state index is 0.366. The summed E-state index contributed by atoms with van der Waals surface area (Å²) in [4.78, 5) is 4.43. The summed E-state index contributed by atoms with van der Waals surface area (Å²) in [5, 5.41) is 7.14. The lowest BCUT2D eigenvalue weighted by molar-refractivity contribution is -0.0740. The first-order valence-electron chi connectivity index (χ1n) is 7.13. The van der Waals surface area contributed by atoms with Gasteiger partial charge in [0.1, 0.15) is 5.60 Å². The van der Waals surface area contributed by atoms with E-state index in [2.05, 4.69) is 29.3 Å². The van der Waals surface area contributed by atoms with Gasteiger partial charge in [-0.05, 0) is 31.1 Å². The van der Waals surface area contributed by atoms with Gasteiger partial charge in [-0.25, -0.2) is 0 Å². The first-order valence-corrected chi connectivity index (χ1v) is 7.13. The smallest absolute Gasteiger partial charge is 0.321 e. The highest BCUT2D eigenvalue weighted by Crippen LogP contribution is 2.46. The van der Waals surface area contributed by atoms with Gasteiger partial charge in [-0.2, -0.15) is 4.98 Å². The molecule has 0 aliphatic heterocycles. The standard InChI is InChI=1S/C14H25N3O3/c1-13(2)5-7-14(19-4,8-6-13)11-16-12(20-17-11)15-9-10-18-3/h5-10H2,1-4H3,(H,15,16,17). The van der Waals surface area contributed by atoms with E-state index in [-0.39, 0.29) is 0 Å². The Hall–Kier alpha value is -1.14. The lowest BCUT2D eigenvalue weighted by Gasteiger charge is -2.40. The molecule has 0 aromatic carbocycles. The SMILES string of the molecule is COCCNc1nc(C2(OC)CCC(C)(C)CC2)no1. The molecule has 1 saturated carbocycles. The Labute approximate surface area is 120 Å². The van der Waals surface area contributed by atoms with Crippen LogP contribution in [0, 0.1) is 5.41 Å². The molecule has 1 aromatic rings. The summed E-state index contributed by atoms with van der Waals surface area (Å²) in [6.07, 6.45) is 4.05. The molecule has 6 heteroatoms. The fourth-order valence-electron chi connectivity index (χ4n) is 2.59. The molecule has 1 heterocycles. The lowest BCUT2D eigenvalue weighted by Crippen LogP contribution is -2.37. The average Bonchev–Trinajstić information content (AvgIpc) is 2.89. The topological polar surface area (TPSA) is 69.4 Å². The Bertz CT molecular complexity index is 421. The molecule has 2 rings (SSSR count). The van der Waals surface area contributed by atoms with Crippen LogP contribution in [-0.2, 0) is 15.1 Å². The zero-order chi connectivity index (χ0) is 14.6. The van der Waals surface area contributed by atoms with Crippen LogP contribution in [0.15, 0.2) is 4.52 Å². The number of nitrogens with zero attached hydrogens (tertiary/aromatic N) is 2. The minimum Gasteiger partial charge on any atom is -0.383 e. The van der Waals surface area contributed by atoms with Crippen LogP contribution < -0.4 is 5.32 Å². The molecule has 0 bridgehead atoms. The number of anilines is 1. The predicted octanol–water partition coefficient (Wildman–Crippen LogP) is 2.57. The van der Waals surface area contributed by atoms with Crippen molar-refractivity contribution in [3.8, 4) is 0 Å². The van der Waals surface area contributed by atoms with Crippen molar-refractivity contribution >= 4 is 6.01 Å². The summed E-state index contributed by atoms with van der Waals surface area (Å²) < 4.78 is 16.0. The van der Waals surface area contributed by atoms with Crippen LogP contribution in [0.25, 0.3) is 0 Å². The van der Waals surface area contributed by atoms with Gasteiger partial charge in [0.25, 0.3) is 0 Å². The molecule has 6 nitrogen and oxygen atoms in total. The van der Waals surface area contributed by atoms with E-state index in [9.17, 15) is 0 Å². The second-order valence-corrected chi connectivity index (χ2v) is 6.21. The van der Waals surface area contributed by atoms with Gasteiger partial charge in [0, 0.05) is 20.8 Å². The molecule has 0 amide bonds. The number of hydrogen-bond donors (Lipinski definition) is 1. The van der Waals surface area contributed by atoms with Crippen LogP contribution in [-0.4, -0.2) is 37.5 Å². The van der Waals surface area contributed by atoms with Crippen molar-refractivity contribution in [2.45, 2.75) is 45.1 Å². The van der Waals surface area contributed by atoms with Crippen molar-refractivity contribution in [2.75, 3.05) is 32.7 Å². The van der Waals surface area contributed by atoms with Crippen molar-refractivity contribution in [1.29, 1.82) is 0 Å². The highest BCUT2D eigenvalue weighted by atomic mass is 16.5. The summed E-state index contributed by atoms with van der Waals surface area (Å²) in [5.74, 6) is 0.649. The second kappa shape index (κ2) is 6.10. The maximum atomic E-state index is 5.76. The van der Waals surface area contributed by atoms with E-state index in [1.165, 1.54) is 0 Å². The molecular weight excluding hydrogens is 258 g/mol. The minimum atomic E-state index is -0.403. The zero-order valence-corrected chi connectivity index (χ0v) is 12.9. The van der Waals surface area contributed by atoms with Crippen LogP contribution in [0.2, 0.25) is 0 Å². The first-order chi connectivity index (χ1) is 9.51. The van der Waals surface area contributed by atoms with E-state index in [0.29, 0.717) is 30.4 Å². The Morgan fingerprint density at radius 3 is 2.50 bits per heavy atom. The van der Waals surface area contributed by atoms with Crippen molar-refractivity contribution in [2.24, 2.45) is 5.41 Å². The first kappa shape index (κ1) is 15.3. The van der Waals surface area contributed by atoms with Gasteiger partial charge in [0.05, 0.1) is 6.61 Å². The maximum absolute atomic E-state index is 5.76. The molecule has 0 unspecified atom stereocenters. The lowest BCUT2D eigenvalue weighted by atomic mass is 9.70. The van der Waals surface area contributed by atoms with Gasteiger partial charge in [-0.1, -0.05) is 19.0 Å². The highest BCUT2D eigenvalue weighted by molar-refractivity contribution is 5.20. The molecule has 1 aliphatic rings. The fraction of sp³-hybridized carbons (Fsp3) is 0.857. The Morgan fingerprint density at radius 2 is 1.90 bits per heavy atom. The van der Waals surface area contributed by atoms with Crippen molar-refractivity contribution in [1.82, 2.24) is 10.1 Å². The average molecular weight is 283 g/mol. The zero-order valence-electron chi connectivity index (χ0n) is 12.9. The van der Waals surface area contributed by atoms with Crippen LogP contribution in [0.1, 0.15) is 45.4 Å². The van der Waals surface area contributed by atoms with Crippen LogP contribution in [0.5, 0.6) is 0 Å². The van der Waals surface area contributed by atoms with Crippen molar-refractivity contribution in [3.63, 3.8) is 0 Å². The molecule has 20 heavy (non-hydrogen) atoms. The Balaban J connectivity index is 2.05. The summed E-state index contributed by atoms with van der Waals surface area (Å²) in [6, 6.07) is 0.429. The monoisotopic (exact) mass is 283 g/mol. The maximum Gasteiger partial charge on any atom is 0.321 e. The number of methoxy groups -OCH3 is 2. The molecule has 0 spiro atoms. The largest absolute Gasteiger partial charge is 0.383 e. The number of nitrogens with one attached hydrogen (secondary N) is 1. The van der Waals surface area contributed by atoms with Crippen LogP contribution in [0.4, 0.5) is 6.01 Å². The van der Waals surface area contributed by atoms with Crippen LogP contribution >= 0.6 is 0 Å². The van der Waals surface area contributed by atoms with E-state index in [4.69, 9.17) is 14.0 Å². The number of rotatable bonds is 6. The van der Waals surface area contributed by atoms with E-state index in [1.807, 2.05) is 0 Å². The van der Waals surface area contributed by atoms with E-state index >= 15 is 0 Å². The Morgan fingerprint density at radius 1 is 1.20 bits per heavy atom. The van der Waals surface area contributed by atoms with E-state index in [1.54, 1.807) is 14.2 Å². The van der Waals surface area contributed by atoms with Gasteiger partial charge in [-0.15, -0.1) is 0 Å². The molecule has 1 N–H and O–H groups in total. The quantitative estimate of drug-likeness (QED) is 0.809. The van der Waals surface area contributed by atoms with Gasteiger partial charge < -0.3 is 19.3 Å². The summed E-state index contributed by atoms with van der Waals surface area (Å²) in [5.41, 5.74) is -0.0362. The fourth-order valence-corrected chi connectivity index (χ4v) is 2.59. The summed E-state index contributed by atoms with van der Waals surface area (Å²) in [6.45, 7) is 5.83. The molecule has 1 aliphatic carbocycles. The summed E-state index contributed by atoms with van der Waals surface area (Å²) >= 11 is 0. The molecular formula is C14H25N3O3. The molecule has 1 fully saturated rings. The third-order valence-corrected chi connectivity index (χ3v) is 4.22. The second-order valence-electron chi connectivity index (χ2n) is 6.21. The van der Waals surface area contributed by atoms with E-state index < -0.39 is 5.60 Å². The van der Waals surface area contributed by atoms with Gasteiger partial charge in [0.2, 0.25) is 5.82 Å². The number of ether oxygens (including phenoxy) is 2. The number of aromatic nitrogens is 2. The van der Waals surface area contributed by atoms with Crippen molar-refractivity contribution < 1.29 is 14.0 Å². The van der Waals surface area contributed by atoms with Crippen molar-refractivity contribution in [3.05, 3.63) is 5.82 Å². The van der Waals surface area contributed by atoms with E-state index in [0.717, 1.165) is 25.7 Å². The summed E-state index contributed by atoms with van der Waals surface area (Å²) in [7, 11) is 3.39. The van der Waals surface area contributed by atoms with Crippen LogP contribution in [0.3, 0.4) is 0 Å². The predicted molar refractivity (Wildman–Crippen MR) is 75.6 cm³/mol. The Kier molecular flexibility index (Phi) is 4.65. The third kappa shape index (κ3) is 3.30. The van der Waals surface area contributed by atoms with Gasteiger partial charge in [0.15, 0.2) is 0 Å². The molecule has 114 valence electrons. The van der Waals surface area contributed by atoms with Gasteiger partial charge >= 0.3 is 6.01 Å². The molecule has 0 radical (unpaired) electrons. The molecule has 0 saturated heterocycles. The molecule has 0 atom stereocenters.